The van der Waals surface area contributed by atoms with Gasteiger partial charge in [0.15, 0.2) is 0 Å². The van der Waals surface area contributed by atoms with E-state index in [1.807, 2.05) is 47.8 Å². The van der Waals surface area contributed by atoms with E-state index >= 15 is 0 Å². The van der Waals surface area contributed by atoms with E-state index in [0.29, 0.717) is 16.5 Å². The van der Waals surface area contributed by atoms with Crippen LogP contribution in [0.4, 0.5) is 24.7 Å². The molecule has 1 aromatic carbocycles. The lowest BCUT2D eigenvalue weighted by Crippen LogP contribution is -2.43. The molecule has 200 valence electrons. The van der Waals surface area contributed by atoms with E-state index in [4.69, 9.17) is 15.2 Å². The quantitative estimate of drug-likeness (QED) is 0.449. The molecule has 3 aromatic rings. The van der Waals surface area contributed by atoms with Gasteiger partial charge in [-0.3, -0.25) is 9.69 Å². The largest absolute Gasteiger partial charge is 0.490 e. The molecule has 4 rings (SSSR count). The Morgan fingerprint density at radius 2 is 1.92 bits per heavy atom. The van der Waals surface area contributed by atoms with Crippen LogP contribution in [0.3, 0.4) is 0 Å². The van der Waals surface area contributed by atoms with E-state index < -0.39 is 12.1 Å². The van der Waals surface area contributed by atoms with Crippen LogP contribution in [0.25, 0.3) is 0 Å². The number of nitrogens with one attached hydrogen (secondary N) is 1. The molecule has 0 saturated carbocycles. The highest BCUT2D eigenvalue weighted by atomic mass is 32.1. The third-order valence-corrected chi connectivity index (χ3v) is 6.79. The minimum atomic E-state index is -5.08. The van der Waals surface area contributed by atoms with Crippen molar-refractivity contribution in [1.82, 2.24) is 9.88 Å². The monoisotopic (exact) mass is 545 g/mol. The zero-order valence-electron chi connectivity index (χ0n) is 20.5. The van der Waals surface area contributed by atoms with Crippen molar-refractivity contribution in [2.75, 3.05) is 30.4 Å². The van der Waals surface area contributed by atoms with Crippen LogP contribution >= 0.6 is 11.3 Å². The molecule has 0 bridgehead atoms. The van der Waals surface area contributed by atoms with E-state index in [1.165, 1.54) is 16.9 Å². The van der Waals surface area contributed by atoms with Gasteiger partial charge >= 0.3 is 12.1 Å². The summed E-state index contributed by atoms with van der Waals surface area (Å²) in [5.41, 5.74) is 2.65. The highest BCUT2D eigenvalue weighted by molar-refractivity contribution is 7.12. The number of anilines is 2. The maximum absolute atomic E-state index is 12.3. The summed E-state index contributed by atoms with van der Waals surface area (Å²) in [7, 11) is 2.07. The molecule has 8 nitrogen and oxygen atoms in total. The summed E-state index contributed by atoms with van der Waals surface area (Å²) in [5, 5.41) is 21.1. The first-order chi connectivity index (χ1) is 18.1. The predicted molar refractivity (Wildman–Crippen MR) is 138 cm³/mol. The fourth-order valence-electron chi connectivity index (χ4n) is 3.94. The lowest BCUT2D eigenvalue weighted by molar-refractivity contribution is -0.192. The van der Waals surface area contributed by atoms with Crippen LogP contribution in [-0.4, -0.2) is 59.2 Å². The third kappa shape index (κ3) is 8.29. The van der Waals surface area contributed by atoms with Crippen molar-refractivity contribution in [3.8, 4) is 6.07 Å². The van der Waals surface area contributed by atoms with Crippen LogP contribution in [0.1, 0.15) is 33.6 Å². The normalized spacial score (nSPS) is 14.1. The number of carbonyl (C=O) groups is 2. The Kier molecular flexibility index (Phi) is 9.81. The number of alkyl halides is 3. The molecule has 0 unspecified atom stereocenters. The molecular formula is C26H26F3N5O3S. The smallest absolute Gasteiger partial charge is 0.475 e. The summed E-state index contributed by atoms with van der Waals surface area (Å²) in [4.78, 5) is 31.1. The third-order valence-electron chi connectivity index (χ3n) is 5.92. The molecule has 1 amide bonds. The average Bonchev–Trinajstić information content (AvgIpc) is 3.44. The number of carboxylic acids is 1. The van der Waals surface area contributed by atoms with Gasteiger partial charge in [-0.1, -0.05) is 18.2 Å². The van der Waals surface area contributed by atoms with Gasteiger partial charge in [0.05, 0.1) is 16.5 Å². The maximum Gasteiger partial charge on any atom is 0.490 e. The lowest BCUT2D eigenvalue weighted by Gasteiger charge is -2.37. The summed E-state index contributed by atoms with van der Waals surface area (Å²) >= 11 is 1.43. The lowest BCUT2D eigenvalue weighted by atomic mass is 10.0. The van der Waals surface area contributed by atoms with Crippen LogP contribution in [-0.2, 0) is 11.3 Å². The zero-order valence-corrected chi connectivity index (χ0v) is 21.3. The summed E-state index contributed by atoms with van der Waals surface area (Å²) < 4.78 is 31.7. The number of aliphatic carboxylic acids is 1. The molecule has 2 aromatic heterocycles. The van der Waals surface area contributed by atoms with Crippen molar-refractivity contribution in [3.63, 3.8) is 0 Å². The summed E-state index contributed by atoms with van der Waals surface area (Å²) in [6, 6.07) is 17.9. The van der Waals surface area contributed by atoms with Gasteiger partial charge < -0.3 is 15.3 Å². The number of hydrogen-bond donors (Lipinski definition) is 2. The molecule has 1 saturated heterocycles. The fraction of sp³-hybridized carbons (Fsp3) is 0.308. The van der Waals surface area contributed by atoms with Crippen LogP contribution in [0.5, 0.6) is 0 Å². The highest BCUT2D eigenvalue weighted by Gasteiger charge is 2.38. The van der Waals surface area contributed by atoms with E-state index in [0.717, 1.165) is 44.0 Å². The first-order valence-corrected chi connectivity index (χ1v) is 12.5. The van der Waals surface area contributed by atoms with Gasteiger partial charge in [0, 0.05) is 50.7 Å². The van der Waals surface area contributed by atoms with Crippen molar-refractivity contribution in [2.45, 2.75) is 31.6 Å². The molecule has 1 aliphatic heterocycles. The Morgan fingerprint density at radius 1 is 1.21 bits per heavy atom. The Hall–Kier alpha value is -3.95. The summed E-state index contributed by atoms with van der Waals surface area (Å²) in [6.45, 7) is 2.87. The Morgan fingerprint density at radius 3 is 2.53 bits per heavy atom. The number of thiophene rings is 1. The number of pyridine rings is 1. The van der Waals surface area contributed by atoms with Crippen molar-refractivity contribution in [1.29, 1.82) is 5.26 Å². The van der Waals surface area contributed by atoms with Crippen LogP contribution in [0, 0.1) is 11.3 Å². The molecule has 38 heavy (non-hydrogen) atoms. The molecule has 1 aliphatic rings. The number of piperidine rings is 1. The number of nitrogens with zero attached hydrogens (tertiary/aromatic N) is 4. The Bertz CT molecular complexity index is 1270. The van der Waals surface area contributed by atoms with Gasteiger partial charge in [-0.15, -0.1) is 11.3 Å². The number of amides is 1. The van der Waals surface area contributed by atoms with Gasteiger partial charge in [0.2, 0.25) is 0 Å². The van der Waals surface area contributed by atoms with Crippen molar-refractivity contribution < 1.29 is 27.9 Å². The highest BCUT2D eigenvalue weighted by Crippen LogP contribution is 2.24. The van der Waals surface area contributed by atoms with Crippen LogP contribution in [0.2, 0.25) is 0 Å². The number of aromatic nitrogens is 1. The average molecular weight is 546 g/mol. The number of rotatable bonds is 6. The fourth-order valence-corrected chi connectivity index (χ4v) is 4.56. The maximum atomic E-state index is 12.3. The summed E-state index contributed by atoms with van der Waals surface area (Å²) in [5.74, 6) is -1.99. The molecule has 12 heteroatoms. The number of nitriles is 1. The van der Waals surface area contributed by atoms with Crippen molar-refractivity contribution >= 4 is 34.7 Å². The summed E-state index contributed by atoms with van der Waals surface area (Å²) in [6.07, 6.45) is -1.25. The molecule has 1 fully saturated rings. The predicted octanol–water partition coefficient (Wildman–Crippen LogP) is 5.00. The first-order valence-electron chi connectivity index (χ1n) is 11.6. The van der Waals surface area contributed by atoms with E-state index in [9.17, 15) is 18.0 Å². The minimum Gasteiger partial charge on any atom is -0.475 e. The number of benzene rings is 1. The molecule has 0 atom stereocenters. The van der Waals surface area contributed by atoms with Gasteiger partial charge in [-0.05, 0) is 48.1 Å². The number of likely N-dealkylation sites (tertiary alicyclic amines) is 1. The van der Waals surface area contributed by atoms with E-state index in [-0.39, 0.29) is 5.91 Å². The second-order valence-electron chi connectivity index (χ2n) is 8.57. The zero-order chi connectivity index (χ0) is 27.7. The number of carbonyl (C=O) groups excluding carboxylic acids is 1. The van der Waals surface area contributed by atoms with Gasteiger partial charge in [0.25, 0.3) is 5.91 Å². The number of hydrogen-bond acceptors (Lipinski definition) is 7. The molecule has 3 heterocycles. The number of carboxylic acid groups (broad SMARTS) is 1. The van der Waals surface area contributed by atoms with Gasteiger partial charge in [-0.25, -0.2) is 9.78 Å². The second kappa shape index (κ2) is 13.0. The Labute approximate surface area is 221 Å². The molecule has 0 spiro atoms. The van der Waals surface area contributed by atoms with E-state index in [1.54, 1.807) is 6.20 Å². The van der Waals surface area contributed by atoms with Crippen LogP contribution in [0.15, 0.2) is 60.1 Å². The van der Waals surface area contributed by atoms with Gasteiger partial charge in [-0.2, -0.15) is 18.4 Å². The topological polar surface area (TPSA) is 110 Å². The SMILES string of the molecule is CN(c1cc(NC(=O)c2cccs2)ccn1)C1CCN(Cc2cccc(C#N)c2)CC1.O=C(O)C(F)(F)F. The van der Waals surface area contributed by atoms with Crippen molar-refractivity contribution in [3.05, 3.63) is 76.1 Å². The molecular weight excluding hydrogens is 519 g/mol. The first kappa shape index (κ1) is 28.6. The standard InChI is InChI=1S/C24H25N5OS.C2HF3O2/c1-28(23-15-20(7-10-26-23)27-24(30)22-6-3-13-31-22)21-8-11-29(12-9-21)17-19-5-2-4-18(14-19)16-25;3-2(4,5)1(6)7/h2-7,10,13-15,21H,8-9,11-12,17H2,1H3,(H,26,27,30);(H,6,7). The molecule has 0 aliphatic carbocycles. The van der Waals surface area contributed by atoms with Crippen LogP contribution < -0.4 is 10.2 Å². The van der Waals surface area contributed by atoms with E-state index in [2.05, 4.69) is 39.3 Å². The van der Waals surface area contributed by atoms with Gasteiger partial charge in [0.1, 0.15) is 5.82 Å². The molecule has 2 N–H and O–H groups in total. The number of halogens is 3. The second-order valence-corrected chi connectivity index (χ2v) is 9.52. The minimum absolute atomic E-state index is 0.0939. The van der Waals surface area contributed by atoms with Crippen molar-refractivity contribution in [2.24, 2.45) is 0 Å². The Balaban J connectivity index is 0.000000505. The molecule has 0 radical (unpaired) electrons.